The fraction of sp³-hybridized carbons (Fsp3) is 0.600. The molecule has 6 heterocycles. The molecule has 1 amide bonds. The number of sulfone groups is 1. The number of nitrogens with zero attached hydrogens (tertiary/aromatic N) is 6. The maximum atomic E-state index is 12.6. The van der Waals surface area contributed by atoms with Crippen molar-refractivity contribution >= 4 is 44.4 Å². The minimum atomic E-state index is -3.39. The van der Waals surface area contributed by atoms with Gasteiger partial charge < -0.3 is 29.7 Å². The van der Waals surface area contributed by atoms with Gasteiger partial charge in [-0.3, -0.25) is 0 Å². The summed E-state index contributed by atoms with van der Waals surface area (Å²) in [6, 6.07) is 5.17. The monoisotopic (exact) mass is 625 g/mol. The fourth-order valence-corrected chi connectivity index (χ4v) is 8.50. The summed E-state index contributed by atoms with van der Waals surface area (Å²) in [7, 11) is -3.39. The van der Waals surface area contributed by atoms with Crippen LogP contribution in [-0.2, 0) is 25.7 Å². The van der Waals surface area contributed by atoms with Crippen LogP contribution < -0.4 is 15.1 Å². The molecule has 0 bridgehead atoms. The van der Waals surface area contributed by atoms with Crippen LogP contribution >= 0.6 is 0 Å². The van der Waals surface area contributed by atoms with Gasteiger partial charge in [0.1, 0.15) is 5.82 Å². The third kappa shape index (κ3) is 5.06. The summed E-state index contributed by atoms with van der Waals surface area (Å²) in [4.78, 5) is 26.2. The number of hydrogen-bond acceptors (Lipinski definition) is 10. The number of rotatable bonds is 5. The molecule has 3 aromatic rings. The van der Waals surface area contributed by atoms with Crippen LogP contribution in [0.3, 0.4) is 0 Å². The van der Waals surface area contributed by atoms with Gasteiger partial charge in [0, 0.05) is 43.6 Å². The first-order valence-corrected chi connectivity index (χ1v) is 17.4. The summed E-state index contributed by atoms with van der Waals surface area (Å²) in [5, 5.41) is 17.2. The zero-order valence-electron chi connectivity index (χ0n) is 25.1. The molecule has 44 heavy (non-hydrogen) atoms. The van der Waals surface area contributed by atoms with Crippen LogP contribution in [0.4, 0.5) is 22.1 Å². The lowest BCUT2D eigenvalue weighted by Gasteiger charge is -2.42. The Morgan fingerprint density at radius 2 is 1.95 bits per heavy atom. The van der Waals surface area contributed by atoms with Crippen molar-refractivity contribution in [2.45, 2.75) is 75.1 Å². The van der Waals surface area contributed by atoms with Crippen molar-refractivity contribution in [3.63, 3.8) is 0 Å². The number of amides is 1. The normalized spacial score (nSPS) is 25.4. The molecule has 0 saturated carbocycles. The molecule has 1 spiro atoms. The standard InChI is InChI=1S/C30H39N7O6S/c1-19-26(33-29(38)39)30(18-43-19)11-14-35(15-12-30)23-17-31-25-27(32-23)37(24-10-3-4-16-42-24)34-28(25)36-13-6-7-20-21(36)8-5-9-22(20)44(2,40)41/h5,8-9,17,19,24,26,33H,3-4,6-7,10-16,18H2,1-2H3,(H,38,39)/t19-,24?,26+/m0/s1. The number of nitrogens with one attached hydrogen (secondary N) is 1. The molecule has 3 atom stereocenters. The molecule has 4 aliphatic heterocycles. The molecule has 2 aromatic heterocycles. The van der Waals surface area contributed by atoms with Gasteiger partial charge in [-0.15, -0.1) is 5.10 Å². The third-order valence-corrected chi connectivity index (χ3v) is 11.0. The number of benzene rings is 1. The van der Waals surface area contributed by atoms with Crippen LogP contribution in [0.25, 0.3) is 11.2 Å². The van der Waals surface area contributed by atoms with E-state index in [9.17, 15) is 18.3 Å². The van der Waals surface area contributed by atoms with E-state index in [0.29, 0.717) is 61.1 Å². The van der Waals surface area contributed by atoms with Crippen LogP contribution in [0.5, 0.6) is 0 Å². The zero-order chi connectivity index (χ0) is 30.6. The van der Waals surface area contributed by atoms with Gasteiger partial charge in [0.05, 0.1) is 29.8 Å². The molecule has 0 radical (unpaired) electrons. The minimum Gasteiger partial charge on any atom is -0.465 e. The summed E-state index contributed by atoms with van der Waals surface area (Å²) < 4.78 is 39.1. The second-order valence-corrected chi connectivity index (χ2v) is 14.5. The van der Waals surface area contributed by atoms with E-state index in [1.54, 1.807) is 18.3 Å². The zero-order valence-corrected chi connectivity index (χ0v) is 25.9. The maximum absolute atomic E-state index is 12.6. The van der Waals surface area contributed by atoms with E-state index in [1.807, 2.05) is 17.7 Å². The first-order chi connectivity index (χ1) is 21.1. The Morgan fingerprint density at radius 3 is 2.68 bits per heavy atom. The molecule has 3 saturated heterocycles. The minimum absolute atomic E-state index is 0.175. The predicted molar refractivity (Wildman–Crippen MR) is 163 cm³/mol. The summed E-state index contributed by atoms with van der Waals surface area (Å²) in [5.41, 5.74) is 2.69. The Balaban J connectivity index is 1.24. The molecular formula is C30H39N7O6S. The van der Waals surface area contributed by atoms with Crippen molar-refractivity contribution < 1.29 is 27.8 Å². The summed E-state index contributed by atoms with van der Waals surface area (Å²) in [6.07, 6.45) is 7.43. The van der Waals surface area contributed by atoms with Crippen molar-refractivity contribution in [2.24, 2.45) is 5.41 Å². The molecule has 14 heteroatoms. The lowest BCUT2D eigenvalue weighted by atomic mass is 9.73. The second-order valence-electron chi connectivity index (χ2n) is 12.6. The molecule has 4 aliphatic rings. The average Bonchev–Trinajstić information content (AvgIpc) is 3.54. The van der Waals surface area contributed by atoms with Gasteiger partial charge in [-0.2, -0.15) is 0 Å². The molecule has 2 N–H and O–H groups in total. The Labute approximate surface area is 256 Å². The van der Waals surface area contributed by atoms with E-state index in [0.717, 1.165) is 55.6 Å². The smallest absolute Gasteiger partial charge is 0.404 e. The van der Waals surface area contributed by atoms with Crippen molar-refractivity contribution in [3.05, 3.63) is 30.0 Å². The van der Waals surface area contributed by atoms with Gasteiger partial charge in [0.25, 0.3) is 0 Å². The van der Waals surface area contributed by atoms with E-state index in [-0.39, 0.29) is 23.8 Å². The highest BCUT2D eigenvalue weighted by atomic mass is 32.2. The van der Waals surface area contributed by atoms with Crippen LogP contribution in [0.1, 0.15) is 57.2 Å². The van der Waals surface area contributed by atoms with E-state index >= 15 is 0 Å². The highest BCUT2D eigenvalue weighted by Crippen LogP contribution is 2.44. The van der Waals surface area contributed by atoms with Crippen LogP contribution in [0, 0.1) is 5.41 Å². The quantitative estimate of drug-likeness (QED) is 0.427. The number of carbonyl (C=O) groups is 1. The molecule has 1 unspecified atom stereocenters. The van der Waals surface area contributed by atoms with Gasteiger partial charge in [0.2, 0.25) is 0 Å². The largest absolute Gasteiger partial charge is 0.465 e. The molecule has 13 nitrogen and oxygen atoms in total. The SMILES string of the molecule is C[C@@H]1OCC2(CCN(c3cnc4c(N5CCCc6c5cccc6S(C)(=O)=O)nn(C5CCCCO5)c4n3)CC2)[C@@H]1NC(=O)O. The Bertz CT molecular complexity index is 1680. The van der Waals surface area contributed by atoms with E-state index in [2.05, 4.69) is 15.1 Å². The number of hydrogen-bond donors (Lipinski definition) is 2. The number of piperidine rings is 1. The third-order valence-electron chi connectivity index (χ3n) is 9.79. The lowest BCUT2D eigenvalue weighted by Crippen LogP contribution is -2.54. The lowest BCUT2D eigenvalue weighted by molar-refractivity contribution is -0.0368. The Kier molecular flexibility index (Phi) is 7.40. The number of ether oxygens (including phenoxy) is 2. The van der Waals surface area contributed by atoms with Gasteiger partial charge >= 0.3 is 6.09 Å². The molecule has 3 fully saturated rings. The van der Waals surface area contributed by atoms with Crippen molar-refractivity contribution in [1.29, 1.82) is 0 Å². The number of aromatic nitrogens is 4. The van der Waals surface area contributed by atoms with Gasteiger partial charge in [-0.05, 0) is 69.6 Å². The van der Waals surface area contributed by atoms with E-state index in [1.165, 1.54) is 6.26 Å². The second kappa shape index (κ2) is 11.1. The first kappa shape index (κ1) is 29.2. The van der Waals surface area contributed by atoms with Gasteiger partial charge in [-0.25, -0.2) is 27.9 Å². The van der Waals surface area contributed by atoms with Crippen molar-refractivity contribution in [1.82, 2.24) is 25.1 Å². The predicted octanol–water partition coefficient (Wildman–Crippen LogP) is 3.65. The molecule has 7 rings (SSSR count). The maximum Gasteiger partial charge on any atom is 0.404 e. The molecular weight excluding hydrogens is 586 g/mol. The summed E-state index contributed by atoms with van der Waals surface area (Å²) in [5.74, 6) is 1.39. The Morgan fingerprint density at radius 1 is 1.14 bits per heavy atom. The Hall–Kier alpha value is -3.49. The van der Waals surface area contributed by atoms with E-state index < -0.39 is 15.9 Å². The van der Waals surface area contributed by atoms with Crippen molar-refractivity contribution in [3.8, 4) is 0 Å². The van der Waals surface area contributed by atoms with Crippen LogP contribution in [-0.4, -0.2) is 90.6 Å². The first-order valence-electron chi connectivity index (χ1n) is 15.5. The molecule has 1 aromatic carbocycles. The molecule has 0 aliphatic carbocycles. The summed E-state index contributed by atoms with van der Waals surface area (Å²) >= 11 is 0. The fourth-order valence-electron chi connectivity index (χ4n) is 7.52. The highest BCUT2D eigenvalue weighted by Gasteiger charge is 2.50. The number of carboxylic acid groups (broad SMARTS) is 1. The van der Waals surface area contributed by atoms with Gasteiger partial charge in [0.15, 0.2) is 33.0 Å². The van der Waals surface area contributed by atoms with Crippen LogP contribution in [0.2, 0.25) is 0 Å². The van der Waals surface area contributed by atoms with Crippen molar-refractivity contribution in [2.75, 3.05) is 48.9 Å². The summed E-state index contributed by atoms with van der Waals surface area (Å²) in [6.45, 7) is 5.19. The number of anilines is 3. The van der Waals surface area contributed by atoms with E-state index in [4.69, 9.17) is 24.5 Å². The topological polar surface area (TPSA) is 152 Å². The van der Waals surface area contributed by atoms with Crippen LogP contribution in [0.15, 0.2) is 29.3 Å². The average molecular weight is 626 g/mol. The van der Waals surface area contributed by atoms with Gasteiger partial charge in [-0.1, -0.05) is 6.07 Å². The number of fused-ring (bicyclic) bond motifs is 2. The highest BCUT2D eigenvalue weighted by molar-refractivity contribution is 7.90. The molecule has 236 valence electrons.